The van der Waals surface area contributed by atoms with Crippen LogP contribution in [0, 0.1) is 5.92 Å². The summed E-state index contributed by atoms with van der Waals surface area (Å²) < 4.78 is 5.88. The molecule has 0 amide bonds. The monoisotopic (exact) mass is 247 g/mol. The van der Waals surface area contributed by atoms with Crippen LogP contribution in [0.4, 0.5) is 0 Å². The first kappa shape index (κ1) is 13.2. The minimum atomic E-state index is -0.616. The van der Waals surface area contributed by atoms with Gasteiger partial charge in [-0.3, -0.25) is 9.78 Å². The molecule has 3 nitrogen and oxygen atoms in total. The molecule has 0 saturated heterocycles. The number of pyridine rings is 1. The third-order valence-corrected chi connectivity index (χ3v) is 3.71. The number of Topliss-reactive ketones (excluding diaryl/α,β-unsaturated/α-hetero) is 1. The van der Waals surface area contributed by atoms with E-state index in [1.54, 1.807) is 18.5 Å². The van der Waals surface area contributed by atoms with Gasteiger partial charge >= 0.3 is 0 Å². The van der Waals surface area contributed by atoms with E-state index in [0.717, 1.165) is 19.3 Å². The van der Waals surface area contributed by atoms with Crippen molar-refractivity contribution in [2.45, 2.75) is 45.1 Å². The van der Waals surface area contributed by atoms with Crippen molar-refractivity contribution in [1.29, 1.82) is 0 Å². The summed E-state index contributed by atoms with van der Waals surface area (Å²) in [6.07, 6.45) is 7.24. The summed E-state index contributed by atoms with van der Waals surface area (Å²) in [7, 11) is 0. The Hall–Kier alpha value is -1.22. The lowest BCUT2D eigenvalue weighted by Gasteiger charge is -2.38. The standard InChI is InChI=1S/C15H21NO2/c1-3-18-15(8-4-6-12(2)10-15)14(17)13-7-5-9-16-11-13/h5,7,9,11-12H,3-4,6,8,10H2,1-2H3. The van der Waals surface area contributed by atoms with E-state index in [1.165, 1.54) is 6.42 Å². The summed E-state index contributed by atoms with van der Waals surface area (Å²) in [5.74, 6) is 0.648. The molecule has 0 radical (unpaired) electrons. The molecule has 0 N–H and O–H groups in total. The zero-order valence-electron chi connectivity index (χ0n) is 11.2. The van der Waals surface area contributed by atoms with Crippen molar-refractivity contribution in [2.24, 2.45) is 5.92 Å². The van der Waals surface area contributed by atoms with E-state index in [4.69, 9.17) is 4.74 Å². The van der Waals surface area contributed by atoms with Gasteiger partial charge in [0.2, 0.25) is 0 Å². The highest BCUT2D eigenvalue weighted by Crippen LogP contribution is 2.37. The maximum atomic E-state index is 12.7. The molecule has 2 atom stereocenters. The van der Waals surface area contributed by atoms with Gasteiger partial charge in [-0.25, -0.2) is 0 Å². The predicted octanol–water partition coefficient (Wildman–Crippen LogP) is 3.25. The molecule has 0 aromatic carbocycles. The van der Waals surface area contributed by atoms with Crippen molar-refractivity contribution in [2.75, 3.05) is 6.61 Å². The molecule has 1 heterocycles. The molecule has 0 bridgehead atoms. The highest BCUT2D eigenvalue weighted by molar-refractivity contribution is 6.02. The van der Waals surface area contributed by atoms with Crippen LogP contribution in [0.1, 0.15) is 49.9 Å². The van der Waals surface area contributed by atoms with Gasteiger partial charge in [0.15, 0.2) is 5.78 Å². The summed E-state index contributed by atoms with van der Waals surface area (Å²) in [6, 6.07) is 3.63. The molecule has 2 unspecified atom stereocenters. The summed E-state index contributed by atoms with van der Waals surface area (Å²) in [5.41, 5.74) is 0.0511. The van der Waals surface area contributed by atoms with Crippen LogP contribution in [0.3, 0.4) is 0 Å². The molecule has 18 heavy (non-hydrogen) atoms. The van der Waals surface area contributed by atoms with Crippen molar-refractivity contribution >= 4 is 5.78 Å². The van der Waals surface area contributed by atoms with E-state index in [-0.39, 0.29) is 5.78 Å². The molecule has 1 aliphatic carbocycles. The molecule has 2 rings (SSSR count). The Morgan fingerprint density at radius 2 is 2.44 bits per heavy atom. The predicted molar refractivity (Wildman–Crippen MR) is 70.6 cm³/mol. The Labute approximate surface area is 109 Å². The second-order valence-electron chi connectivity index (χ2n) is 5.20. The lowest BCUT2D eigenvalue weighted by atomic mass is 9.75. The smallest absolute Gasteiger partial charge is 0.196 e. The number of ketones is 1. The number of aromatic nitrogens is 1. The molecule has 0 aliphatic heterocycles. The van der Waals surface area contributed by atoms with Crippen LogP contribution in [0.15, 0.2) is 24.5 Å². The summed E-state index contributed by atoms with van der Waals surface area (Å²) in [5, 5.41) is 0. The van der Waals surface area contributed by atoms with Crippen LogP contribution >= 0.6 is 0 Å². The number of carbonyl (C=O) groups is 1. The average molecular weight is 247 g/mol. The largest absolute Gasteiger partial charge is 0.367 e. The second kappa shape index (κ2) is 5.61. The Morgan fingerprint density at radius 1 is 1.61 bits per heavy atom. The van der Waals surface area contributed by atoms with Crippen molar-refractivity contribution in [3.05, 3.63) is 30.1 Å². The van der Waals surface area contributed by atoms with Gasteiger partial charge in [-0.15, -0.1) is 0 Å². The van der Waals surface area contributed by atoms with Gasteiger partial charge < -0.3 is 4.74 Å². The van der Waals surface area contributed by atoms with E-state index < -0.39 is 5.60 Å². The first-order chi connectivity index (χ1) is 8.68. The van der Waals surface area contributed by atoms with E-state index in [1.807, 2.05) is 13.0 Å². The molecule has 1 saturated carbocycles. The van der Waals surface area contributed by atoms with E-state index in [2.05, 4.69) is 11.9 Å². The first-order valence-electron chi connectivity index (χ1n) is 6.77. The van der Waals surface area contributed by atoms with Gasteiger partial charge in [-0.05, 0) is 44.2 Å². The minimum absolute atomic E-state index is 0.101. The SMILES string of the molecule is CCOC1(C(=O)c2cccnc2)CCCC(C)C1. The molecule has 1 fully saturated rings. The number of rotatable bonds is 4. The Kier molecular flexibility index (Phi) is 4.12. The third-order valence-electron chi connectivity index (χ3n) is 3.71. The Balaban J connectivity index is 2.27. The van der Waals surface area contributed by atoms with Crippen molar-refractivity contribution in [3.8, 4) is 0 Å². The molecule has 98 valence electrons. The van der Waals surface area contributed by atoms with Crippen LogP contribution in [-0.2, 0) is 4.74 Å². The number of hydrogen-bond donors (Lipinski definition) is 0. The highest BCUT2D eigenvalue weighted by Gasteiger charge is 2.42. The van der Waals surface area contributed by atoms with Crippen LogP contribution in [0.25, 0.3) is 0 Å². The molecule has 1 aliphatic rings. The Bertz CT molecular complexity index is 400. The molecule has 1 aromatic rings. The average Bonchev–Trinajstić information content (AvgIpc) is 2.39. The maximum absolute atomic E-state index is 12.7. The van der Waals surface area contributed by atoms with E-state index in [9.17, 15) is 4.79 Å². The molecular weight excluding hydrogens is 226 g/mol. The third kappa shape index (κ3) is 2.61. The van der Waals surface area contributed by atoms with E-state index in [0.29, 0.717) is 18.1 Å². The summed E-state index contributed by atoms with van der Waals surface area (Å²) in [4.78, 5) is 16.7. The second-order valence-corrected chi connectivity index (χ2v) is 5.20. The van der Waals surface area contributed by atoms with Crippen LogP contribution in [0.5, 0.6) is 0 Å². The van der Waals surface area contributed by atoms with Crippen molar-refractivity contribution < 1.29 is 9.53 Å². The number of ether oxygens (including phenoxy) is 1. The van der Waals surface area contributed by atoms with Gasteiger partial charge in [-0.2, -0.15) is 0 Å². The lowest BCUT2D eigenvalue weighted by molar-refractivity contribution is -0.0511. The number of carbonyl (C=O) groups excluding carboxylic acids is 1. The normalized spacial score (nSPS) is 28.0. The minimum Gasteiger partial charge on any atom is -0.367 e. The zero-order chi connectivity index (χ0) is 13.0. The van der Waals surface area contributed by atoms with Gasteiger partial charge in [0.1, 0.15) is 5.60 Å². The first-order valence-corrected chi connectivity index (χ1v) is 6.77. The molecular formula is C15H21NO2. The van der Waals surface area contributed by atoms with Crippen LogP contribution in [0.2, 0.25) is 0 Å². The van der Waals surface area contributed by atoms with Crippen molar-refractivity contribution in [1.82, 2.24) is 4.98 Å². The molecule has 3 heteroatoms. The highest BCUT2D eigenvalue weighted by atomic mass is 16.5. The van der Waals surface area contributed by atoms with Gasteiger partial charge in [0.25, 0.3) is 0 Å². The van der Waals surface area contributed by atoms with Crippen LogP contribution < -0.4 is 0 Å². The fraction of sp³-hybridized carbons (Fsp3) is 0.600. The van der Waals surface area contributed by atoms with E-state index >= 15 is 0 Å². The van der Waals surface area contributed by atoms with Gasteiger partial charge in [-0.1, -0.05) is 13.3 Å². The fourth-order valence-corrected chi connectivity index (χ4v) is 2.94. The quantitative estimate of drug-likeness (QED) is 0.767. The zero-order valence-corrected chi connectivity index (χ0v) is 11.2. The number of nitrogens with zero attached hydrogens (tertiary/aromatic N) is 1. The van der Waals surface area contributed by atoms with Crippen molar-refractivity contribution in [3.63, 3.8) is 0 Å². The summed E-state index contributed by atoms with van der Waals surface area (Å²) >= 11 is 0. The lowest BCUT2D eigenvalue weighted by Crippen LogP contribution is -2.45. The van der Waals surface area contributed by atoms with Gasteiger partial charge in [0.05, 0.1) is 0 Å². The number of hydrogen-bond acceptors (Lipinski definition) is 3. The molecule has 1 aromatic heterocycles. The molecule has 0 spiro atoms. The summed E-state index contributed by atoms with van der Waals surface area (Å²) in [6.45, 7) is 4.74. The topological polar surface area (TPSA) is 39.2 Å². The maximum Gasteiger partial charge on any atom is 0.196 e. The van der Waals surface area contributed by atoms with Gasteiger partial charge in [0, 0.05) is 24.6 Å². The Morgan fingerprint density at radius 3 is 3.06 bits per heavy atom. The fourth-order valence-electron chi connectivity index (χ4n) is 2.94. The van der Waals surface area contributed by atoms with Crippen LogP contribution in [-0.4, -0.2) is 23.0 Å².